The number of hydrogen-bond acceptors (Lipinski definition) is 3. The number of aryl methyl sites for hydroxylation is 2. The summed E-state index contributed by atoms with van der Waals surface area (Å²) < 4.78 is 2.10. The van der Waals surface area contributed by atoms with Gasteiger partial charge >= 0.3 is 0 Å². The number of imidazole rings is 1. The Labute approximate surface area is 129 Å². The molecule has 110 valence electrons. The maximum Gasteiger partial charge on any atom is 0.193 e. The number of likely N-dealkylation sites (N-methyl/N-ethyl adjacent to an activating group) is 1. The Morgan fingerprint density at radius 3 is 3.05 bits per heavy atom. The summed E-state index contributed by atoms with van der Waals surface area (Å²) in [6.07, 6.45) is 7.43. The van der Waals surface area contributed by atoms with E-state index in [9.17, 15) is 0 Å². The molecule has 4 heteroatoms. The number of thiazole rings is 1. The maximum absolute atomic E-state index is 4.67. The van der Waals surface area contributed by atoms with E-state index in [0.29, 0.717) is 6.04 Å². The molecule has 0 fully saturated rings. The van der Waals surface area contributed by atoms with E-state index < -0.39 is 0 Å². The average molecular weight is 299 g/mol. The standard InChI is InChI=1S/C17H21N3S/c1-13-4-3-5-14(10-13)6-7-15(18-2)11-16-12-20-8-9-21-17(20)19-16/h3-5,8-10,12,15,18H,6-7,11H2,1-2H3. The number of aromatic nitrogens is 2. The van der Waals surface area contributed by atoms with Crippen LogP contribution in [-0.2, 0) is 12.8 Å². The second-order valence-electron chi connectivity index (χ2n) is 5.54. The monoisotopic (exact) mass is 299 g/mol. The first-order valence-electron chi connectivity index (χ1n) is 7.38. The molecule has 0 saturated carbocycles. The summed E-state index contributed by atoms with van der Waals surface area (Å²) in [4.78, 5) is 5.75. The van der Waals surface area contributed by atoms with Crippen molar-refractivity contribution < 1.29 is 0 Å². The Hall–Kier alpha value is -1.65. The molecule has 2 heterocycles. The molecule has 1 N–H and O–H groups in total. The second kappa shape index (κ2) is 6.41. The summed E-state index contributed by atoms with van der Waals surface area (Å²) in [6.45, 7) is 2.15. The van der Waals surface area contributed by atoms with Crippen LogP contribution in [0.1, 0.15) is 23.2 Å². The third-order valence-corrected chi connectivity index (χ3v) is 4.64. The Morgan fingerprint density at radius 2 is 2.29 bits per heavy atom. The lowest BCUT2D eigenvalue weighted by Crippen LogP contribution is -2.28. The van der Waals surface area contributed by atoms with Crippen LogP contribution in [0.2, 0.25) is 0 Å². The van der Waals surface area contributed by atoms with E-state index in [-0.39, 0.29) is 0 Å². The van der Waals surface area contributed by atoms with Gasteiger partial charge in [-0.3, -0.25) is 4.40 Å². The van der Waals surface area contributed by atoms with Crippen molar-refractivity contribution in [1.29, 1.82) is 0 Å². The molecule has 0 saturated heterocycles. The molecule has 0 aliphatic rings. The highest BCUT2D eigenvalue weighted by atomic mass is 32.1. The SMILES string of the molecule is CNC(CCc1cccc(C)c1)Cc1cn2ccsc2n1. The van der Waals surface area contributed by atoms with Crippen LogP contribution in [0.25, 0.3) is 4.96 Å². The molecule has 3 rings (SSSR count). The van der Waals surface area contributed by atoms with Gasteiger partial charge in [-0.2, -0.15) is 0 Å². The minimum atomic E-state index is 0.468. The van der Waals surface area contributed by atoms with Crippen molar-refractivity contribution in [3.8, 4) is 0 Å². The van der Waals surface area contributed by atoms with Gasteiger partial charge in [0.25, 0.3) is 0 Å². The summed E-state index contributed by atoms with van der Waals surface area (Å²) in [5.41, 5.74) is 3.93. The normalized spacial score (nSPS) is 12.9. The predicted octanol–water partition coefficient (Wildman–Crippen LogP) is 3.47. The second-order valence-corrected chi connectivity index (χ2v) is 6.42. The van der Waals surface area contributed by atoms with Crippen molar-refractivity contribution in [3.63, 3.8) is 0 Å². The Kier molecular flexibility index (Phi) is 4.36. The summed E-state index contributed by atoms with van der Waals surface area (Å²) in [5.74, 6) is 0. The third-order valence-electron chi connectivity index (χ3n) is 3.87. The number of rotatable bonds is 6. The van der Waals surface area contributed by atoms with Gasteiger partial charge in [-0.1, -0.05) is 29.8 Å². The lowest BCUT2D eigenvalue weighted by molar-refractivity contribution is 0.516. The fraction of sp³-hybridized carbons (Fsp3) is 0.353. The molecular formula is C17H21N3S. The lowest BCUT2D eigenvalue weighted by atomic mass is 10.0. The molecule has 0 radical (unpaired) electrons. The fourth-order valence-corrected chi connectivity index (χ4v) is 3.40. The highest BCUT2D eigenvalue weighted by Crippen LogP contribution is 2.14. The molecule has 3 nitrogen and oxygen atoms in total. The maximum atomic E-state index is 4.67. The van der Waals surface area contributed by atoms with Crippen LogP contribution in [0, 0.1) is 6.92 Å². The fourth-order valence-electron chi connectivity index (χ4n) is 2.68. The third kappa shape index (κ3) is 3.52. The summed E-state index contributed by atoms with van der Waals surface area (Å²) >= 11 is 1.69. The highest BCUT2D eigenvalue weighted by molar-refractivity contribution is 7.15. The first-order valence-corrected chi connectivity index (χ1v) is 8.26. The largest absolute Gasteiger partial charge is 0.317 e. The topological polar surface area (TPSA) is 29.3 Å². The summed E-state index contributed by atoms with van der Waals surface area (Å²) in [5, 5.41) is 5.49. The molecule has 2 aromatic heterocycles. The zero-order valence-corrected chi connectivity index (χ0v) is 13.4. The molecule has 0 aliphatic heterocycles. The van der Waals surface area contributed by atoms with Gasteiger partial charge in [-0.05, 0) is 32.4 Å². The van der Waals surface area contributed by atoms with Gasteiger partial charge in [0.15, 0.2) is 4.96 Å². The Bertz CT molecular complexity index is 685. The zero-order chi connectivity index (χ0) is 14.7. The van der Waals surface area contributed by atoms with Crippen LogP contribution in [0.5, 0.6) is 0 Å². The van der Waals surface area contributed by atoms with Crippen molar-refractivity contribution >= 4 is 16.3 Å². The smallest absolute Gasteiger partial charge is 0.193 e. The Balaban J connectivity index is 1.61. The van der Waals surface area contributed by atoms with E-state index in [1.165, 1.54) is 16.8 Å². The molecule has 1 atom stereocenters. The number of benzene rings is 1. The van der Waals surface area contributed by atoms with Crippen LogP contribution < -0.4 is 5.32 Å². The van der Waals surface area contributed by atoms with Crippen LogP contribution in [-0.4, -0.2) is 22.5 Å². The van der Waals surface area contributed by atoms with E-state index >= 15 is 0 Å². The van der Waals surface area contributed by atoms with Gasteiger partial charge in [0.1, 0.15) is 0 Å². The predicted molar refractivity (Wildman–Crippen MR) is 89.1 cm³/mol. The number of fused-ring (bicyclic) bond motifs is 1. The van der Waals surface area contributed by atoms with E-state index in [1.807, 2.05) is 7.05 Å². The zero-order valence-electron chi connectivity index (χ0n) is 12.5. The van der Waals surface area contributed by atoms with Gasteiger partial charge in [-0.15, -0.1) is 11.3 Å². The molecular weight excluding hydrogens is 278 g/mol. The van der Waals surface area contributed by atoms with Gasteiger partial charge in [0.2, 0.25) is 0 Å². The van der Waals surface area contributed by atoms with Crippen molar-refractivity contribution in [2.45, 2.75) is 32.2 Å². The molecule has 1 aromatic carbocycles. The van der Waals surface area contributed by atoms with Crippen LogP contribution in [0.15, 0.2) is 42.0 Å². The van der Waals surface area contributed by atoms with E-state index in [4.69, 9.17) is 0 Å². The average Bonchev–Trinajstić information content (AvgIpc) is 3.04. The minimum Gasteiger partial charge on any atom is -0.317 e. The van der Waals surface area contributed by atoms with Gasteiger partial charge in [0, 0.05) is 30.2 Å². The molecule has 1 unspecified atom stereocenters. The van der Waals surface area contributed by atoms with Crippen molar-refractivity contribution in [1.82, 2.24) is 14.7 Å². The van der Waals surface area contributed by atoms with E-state index in [2.05, 4.69) is 63.7 Å². The molecule has 0 spiro atoms. The van der Waals surface area contributed by atoms with Gasteiger partial charge < -0.3 is 5.32 Å². The first kappa shape index (κ1) is 14.3. The Morgan fingerprint density at radius 1 is 1.38 bits per heavy atom. The van der Waals surface area contributed by atoms with Gasteiger partial charge in [-0.25, -0.2) is 4.98 Å². The molecule has 3 aromatic rings. The summed E-state index contributed by atoms with van der Waals surface area (Å²) in [6, 6.07) is 9.25. The molecule has 0 amide bonds. The van der Waals surface area contributed by atoms with Crippen molar-refractivity contribution in [2.75, 3.05) is 7.05 Å². The quantitative estimate of drug-likeness (QED) is 0.755. The summed E-state index contributed by atoms with van der Waals surface area (Å²) in [7, 11) is 2.04. The number of nitrogens with zero attached hydrogens (tertiary/aromatic N) is 2. The van der Waals surface area contributed by atoms with Crippen LogP contribution in [0.4, 0.5) is 0 Å². The highest BCUT2D eigenvalue weighted by Gasteiger charge is 2.11. The molecule has 0 bridgehead atoms. The van der Waals surface area contributed by atoms with Crippen molar-refractivity contribution in [3.05, 3.63) is 58.9 Å². The van der Waals surface area contributed by atoms with E-state index in [1.54, 1.807) is 11.3 Å². The van der Waals surface area contributed by atoms with E-state index in [0.717, 1.165) is 24.2 Å². The van der Waals surface area contributed by atoms with Crippen LogP contribution >= 0.6 is 11.3 Å². The number of nitrogens with one attached hydrogen (secondary N) is 1. The van der Waals surface area contributed by atoms with Gasteiger partial charge in [0.05, 0.1) is 5.69 Å². The molecule has 0 aliphatic carbocycles. The first-order chi connectivity index (χ1) is 10.2. The molecule has 21 heavy (non-hydrogen) atoms. The lowest BCUT2D eigenvalue weighted by Gasteiger charge is -2.15. The minimum absolute atomic E-state index is 0.468. The van der Waals surface area contributed by atoms with Crippen LogP contribution in [0.3, 0.4) is 0 Å². The van der Waals surface area contributed by atoms with Crippen molar-refractivity contribution in [2.24, 2.45) is 0 Å². The number of hydrogen-bond donors (Lipinski definition) is 1.